The van der Waals surface area contributed by atoms with E-state index in [0.29, 0.717) is 21.3 Å². The van der Waals surface area contributed by atoms with Crippen LogP contribution in [-0.4, -0.2) is 24.4 Å². The summed E-state index contributed by atoms with van der Waals surface area (Å²) < 4.78 is 30.4. The molecule has 0 aromatic heterocycles. The Balaban J connectivity index is 1.55. The fraction of sp³-hybridized carbons (Fsp3) is 0.0435. The van der Waals surface area contributed by atoms with E-state index in [2.05, 4.69) is 10.3 Å². The highest BCUT2D eigenvalue weighted by Gasteiger charge is 2.27. The molecule has 3 aromatic rings. The maximum absolute atomic E-state index is 12.6. The Morgan fingerprint density at radius 3 is 2.53 bits per heavy atom. The van der Waals surface area contributed by atoms with E-state index in [-0.39, 0.29) is 11.7 Å². The molecular formula is C23H17N3O6S2. The predicted octanol–water partition coefficient (Wildman–Crippen LogP) is 4.56. The Morgan fingerprint density at radius 1 is 1.06 bits per heavy atom. The van der Waals surface area contributed by atoms with Crippen molar-refractivity contribution >= 4 is 50.4 Å². The average Bonchev–Trinajstić information content (AvgIpc) is 3.13. The van der Waals surface area contributed by atoms with Gasteiger partial charge in [0.2, 0.25) is 0 Å². The van der Waals surface area contributed by atoms with Gasteiger partial charge < -0.3 is 9.50 Å². The molecule has 9 nitrogen and oxygen atoms in total. The van der Waals surface area contributed by atoms with Gasteiger partial charge in [0.1, 0.15) is 5.75 Å². The molecule has 0 atom stereocenters. The fourth-order valence-electron chi connectivity index (χ4n) is 3.02. The van der Waals surface area contributed by atoms with Crippen LogP contribution in [0.2, 0.25) is 0 Å². The van der Waals surface area contributed by atoms with Gasteiger partial charge in [0.15, 0.2) is 10.1 Å². The van der Waals surface area contributed by atoms with Crippen LogP contribution in [0.4, 0.5) is 11.4 Å². The number of hydrogen-bond donors (Lipinski definition) is 1. The molecule has 4 rings (SSSR count). The molecular weight excluding hydrogens is 478 g/mol. The van der Waals surface area contributed by atoms with E-state index in [1.807, 2.05) is 31.2 Å². The van der Waals surface area contributed by atoms with Crippen molar-refractivity contribution in [1.82, 2.24) is 5.32 Å². The molecule has 0 bridgehead atoms. The minimum Gasteiger partial charge on any atom is -0.379 e. The van der Waals surface area contributed by atoms with Crippen LogP contribution in [-0.2, 0) is 14.9 Å². The summed E-state index contributed by atoms with van der Waals surface area (Å²) in [5.41, 5.74) is 1.72. The molecule has 1 N–H and O–H groups in total. The third kappa shape index (κ3) is 5.33. The minimum absolute atomic E-state index is 0.0514. The van der Waals surface area contributed by atoms with Crippen molar-refractivity contribution in [3.05, 3.63) is 98.9 Å². The number of carbonyl (C=O) groups is 1. The summed E-state index contributed by atoms with van der Waals surface area (Å²) in [7, 11) is -4.46. The van der Waals surface area contributed by atoms with Crippen molar-refractivity contribution in [1.29, 1.82) is 0 Å². The largest absolute Gasteiger partial charge is 0.379 e. The molecule has 1 saturated heterocycles. The van der Waals surface area contributed by atoms with Crippen LogP contribution < -0.4 is 9.50 Å². The Bertz CT molecular complexity index is 1450. The van der Waals surface area contributed by atoms with Crippen LogP contribution in [0.5, 0.6) is 5.75 Å². The highest BCUT2D eigenvalue weighted by molar-refractivity contribution is 8.18. The van der Waals surface area contributed by atoms with Crippen LogP contribution in [0.25, 0.3) is 6.08 Å². The lowest BCUT2D eigenvalue weighted by Gasteiger charge is -2.08. The first-order chi connectivity index (χ1) is 16.2. The number of benzene rings is 3. The van der Waals surface area contributed by atoms with Gasteiger partial charge in [-0.2, -0.15) is 8.42 Å². The molecule has 11 heteroatoms. The molecule has 1 fully saturated rings. The average molecular weight is 496 g/mol. The number of amidine groups is 1. The third-order valence-electron chi connectivity index (χ3n) is 4.61. The molecule has 0 unspecified atom stereocenters. The van der Waals surface area contributed by atoms with Gasteiger partial charge in [-0.1, -0.05) is 42.0 Å². The molecule has 1 aliphatic rings. The number of nitrogens with zero attached hydrogens (tertiary/aromatic N) is 2. The summed E-state index contributed by atoms with van der Waals surface area (Å²) in [5.74, 6) is -0.390. The third-order valence-corrected chi connectivity index (χ3v) is 6.81. The molecule has 0 radical (unpaired) electrons. The number of para-hydroxylation sites is 1. The van der Waals surface area contributed by atoms with Gasteiger partial charge in [-0.3, -0.25) is 14.9 Å². The molecule has 1 amide bonds. The van der Waals surface area contributed by atoms with Crippen LogP contribution in [0.1, 0.15) is 11.1 Å². The first kappa shape index (κ1) is 23.2. The van der Waals surface area contributed by atoms with E-state index < -0.39 is 25.6 Å². The molecule has 0 aliphatic carbocycles. The molecule has 0 spiro atoms. The lowest BCUT2D eigenvalue weighted by molar-refractivity contribution is -0.387. The van der Waals surface area contributed by atoms with E-state index in [0.717, 1.165) is 29.5 Å². The van der Waals surface area contributed by atoms with Gasteiger partial charge in [0.05, 0.1) is 15.5 Å². The molecule has 1 heterocycles. The van der Waals surface area contributed by atoms with Crippen molar-refractivity contribution in [2.24, 2.45) is 4.99 Å². The smallest absolute Gasteiger partial charge is 0.346 e. The number of hydrogen-bond acceptors (Lipinski definition) is 8. The van der Waals surface area contributed by atoms with E-state index >= 15 is 0 Å². The standard InChI is InChI=1S/C23H17N3O6S2/c1-15-9-11-17(12-10-15)24-23-25-22(27)20(33-23)14-16-5-4-6-18(13-16)32-34(30,31)21-8-3-2-7-19(21)26(28)29/h2-14H,1H3,(H,24,25,27)/b20-14-. The summed E-state index contributed by atoms with van der Waals surface area (Å²) in [6.45, 7) is 1.97. The maximum atomic E-state index is 12.6. The number of rotatable bonds is 6. The lowest BCUT2D eigenvalue weighted by atomic mass is 10.2. The number of carbonyl (C=O) groups excluding carboxylic acids is 1. The SMILES string of the molecule is Cc1ccc(N=C2NC(=O)/C(=C/c3cccc(OS(=O)(=O)c4ccccc4[N+](=O)[O-])c3)S2)cc1. The number of nitrogens with one attached hydrogen (secondary N) is 1. The highest BCUT2D eigenvalue weighted by atomic mass is 32.2. The molecule has 0 saturated carbocycles. The number of nitro benzene ring substituents is 1. The van der Waals surface area contributed by atoms with Crippen molar-refractivity contribution < 1.29 is 22.3 Å². The van der Waals surface area contributed by atoms with E-state index in [9.17, 15) is 23.3 Å². The van der Waals surface area contributed by atoms with Crippen LogP contribution in [0, 0.1) is 17.0 Å². The number of nitro groups is 1. The zero-order chi connectivity index (χ0) is 24.3. The number of aliphatic imine (C=N–C) groups is 1. The van der Waals surface area contributed by atoms with Crippen LogP contribution in [0.3, 0.4) is 0 Å². The Hall–Kier alpha value is -3.96. The van der Waals surface area contributed by atoms with Gasteiger partial charge in [-0.05, 0) is 60.7 Å². The van der Waals surface area contributed by atoms with Crippen molar-refractivity contribution in [2.45, 2.75) is 11.8 Å². The minimum atomic E-state index is -4.46. The summed E-state index contributed by atoms with van der Waals surface area (Å²) in [6.07, 6.45) is 1.57. The first-order valence-electron chi connectivity index (χ1n) is 9.85. The van der Waals surface area contributed by atoms with E-state index in [1.54, 1.807) is 18.2 Å². The second kappa shape index (κ2) is 9.49. The van der Waals surface area contributed by atoms with Gasteiger partial charge >= 0.3 is 10.1 Å². The van der Waals surface area contributed by atoms with Crippen molar-refractivity contribution in [3.8, 4) is 5.75 Å². The van der Waals surface area contributed by atoms with Gasteiger partial charge in [-0.25, -0.2) is 4.99 Å². The van der Waals surface area contributed by atoms with Crippen molar-refractivity contribution in [2.75, 3.05) is 0 Å². The normalized spacial score (nSPS) is 16.0. The van der Waals surface area contributed by atoms with Gasteiger partial charge in [0, 0.05) is 6.07 Å². The lowest BCUT2D eigenvalue weighted by Crippen LogP contribution is -2.19. The molecule has 3 aromatic carbocycles. The Morgan fingerprint density at radius 2 is 1.79 bits per heavy atom. The zero-order valence-corrected chi connectivity index (χ0v) is 19.3. The van der Waals surface area contributed by atoms with Crippen LogP contribution >= 0.6 is 11.8 Å². The van der Waals surface area contributed by atoms with Gasteiger partial charge in [-0.15, -0.1) is 0 Å². The monoisotopic (exact) mass is 495 g/mol. The van der Waals surface area contributed by atoms with Crippen LogP contribution in [0.15, 0.2) is 87.6 Å². The maximum Gasteiger partial charge on any atom is 0.346 e. The quantitative estimate of drug-likeness (QED) is 0.230. The van der Waals surface area contributed by atoms with Crippen molar-refractivity contribution in [3.63, 3.8) is 0 Å². The van der Waals surface area contributed by atoms with E-state index in [4.69, 9.17) is 4.18 Å². The first-order valence-corrected chi connectivity index (χ1v) is 12.1. The summed E-state index contributed by atoms with van der Waals surface area (Å²) >= 11 is 1.15. The fourth-order valence-corrected chi connectivity index (χ4v) is 4.95. The predicted molar refractivity (Wildman–Crippen MR) is 129 cm³/mol. The second-order valence-corrected chi connectivity index (χ2v) is 9.70. The summed E-state index contributed by atoms with van der Waals surface area (Å²) in [5, 5.41) is 14.3. The zero-order valence-electron chi connectivity index (χ0n) is 17.7. The summed E-state index contributed by atoms with van der Waals surface area (Å²) in [6, 6.07) is 18.5. The Labute approximate surface area is 199 Å². The molecule has 34 heavy (non-hydrogen) atoms. The van der Waals surface area contributed by atoms with E-state index in [1.165, 1.54) is 24.3 Å². The second-order valence-electron chi connectivity index (χ2n) is 7.15. The number of amides is 1. The topological polar surface area (TPSA) is 128 Å². The number of thioether (sulfide) groups is 1. The number of aryl methyl sites for hydroxylation is 1. The molecule has 1 aliphatic heterocycles. The highest BCUT2D eigenvalue weighted by Crippen LogP contribution is 2.30. The Kier molecular flexibility index (Phi) is 6.48. The molecule has 172 valence electrons. The summed E-state index contributed by atoms with van der Waals surface area (Å²) in [4.78, 5) is 27.0. The van der Waals surface area contributed by atoms with Gasteiger partial charge in [0.25, 0.3) is 11.6 Å².